The summed E-state index contributed by atoms with van der Waals surface area (Å²) in [4.78, 5) is 3.04. The zero-order chi connectivity index (χ0) is 64.7. The van der Waals surface area contributed by atoms with Gasteiger partial charge in [0.2, 0.25) is 14.7 Å². The summed E-state index contributed by atoms with van der Waals surface area (Å²) in [7, 11) is 4.33. The van der Waals surface area contributed by atoms with Crippen LogP contribution in [0.5, 0.6) is 17.2 Å². The van der Waals surface area contributed by atoms with E-state index in [9.17, 15) is 52.7 Å². The average Bonchev–Trinajstić information content (AvgIpc) is 0.703. The number of halogens is 20. The molecule has 0 atom stereocenters. The number of benzene rings is 7. The summed E-state index contributed by atoms with van der Waals surface area (Å²) in [6.07, 6.45) is -6.24. The van der Waals surface area contributed by atoms with Crippen LogP contribution in [0.2, 0.25) is 20.1 Å². The predicted octanol–water partition coefficient (Wildman–Crippen LogP) is 12.8. The Morgan fingerprint density at radius 2 is 0.489 bits per heavy atom. The van der Waals surface area contributed by atoms with Crippen LogP contribution >= 0.6 is 46.4 Å². The van der Waals surface area contributed by atoms with Gasteiger partial charge in [-0.15, -0.1) is 21.9 Å². The van der Waals surface area contributed by atoms with Gasteiger partial charge in [-0.05, 0) is 36.4 Å². The van der Waals surface area contributed by atoms with E-state index in [4.69, 9.17) is 89.0 Å². The molecule has 0 spiro atoms. The summed E-state index contributed by atoms with van der Waals surface area (Å²) in [5.41, 5.74) is -10.7. The highest BCUT2D eigenvalue weighted by atomic mass is 35.5. The van der Waals surface area contributed by atoms with Gasteiger partial charge in [-0.2, -0.15) is 0 Å². The lowest BCUT2D eigenvalue weighted by Gasteiger charge is -2.46. The zero-order valence-corrected chi connectivity index (χ0v) is 49.5. The van der Waals surface area contributed by atoms with E-state index in [0.717, 1.165) is 31.9 Å². The fraction of sp³-hybridized carbons (Fsp3) is 0.263. The maximum absolute atomic E-state index is 15.8. The molecule has 0 bridgehead atoms. The first kappa shape index (κ1) is 71.2. The van der Waals surface area contributed by atoms with Gasteiger partial charge in [0.1, 0.15) is 60.1 Å². The molecule has 0 unspecified atom stereocenters. The van der Waals surface area contributed by atoms with Gasteiger partial charge in [0, 0.05) is 41.4 Å². The predicted molar refractivity (Wildman–Crippen MR) is 295 cm³/mol. The second kappa shape index (κ2) is 32.8. The number of methoxy groups -OCH3 is 3. The Morgan fingerprint density at radius 1 is 0.284 bits per heavy atom. The molecular weight excluding hydrogens is 1320 g/mol. The maximum Gasteiger partial charge on any atom is 0.208 e. The Morgan fingerprint density at radius 3 is 0.716 bits per heavy atom. The van der Waals surface area contributed by atoms with Crippen molar-refractivity contribution < 1.29 is 113 Å². The summed E-state index contributed by atoms with van der Waals surface area (Å²) in [5.74, 6) is -46.0. The second-order valence-electron chi connectivity index (χ2n) is 17.8. The van der Waals surface area contributed by atoms with Crippen LogP contribution in [0.4, 0.5) is 70.2 Å². The standard InChI is InChI=1S/C33H45O9S.C24BCl4F16/c1-34-16-19-37-22-25-40-28-10-4-7-13-31(28)43(32-14-8-5-11-29(32)41-26-23-38-20-17-35-2)33-15-9-6-12-30(33)42-27-24-39-21-18-36-3;26-5-1(9(30)17(38)21(42)13(5)34)25(2-6(27)14(35)22(43)18(39)10(2)31,3-7(28)15(36)23(44)19(40)11(3)32)4-8(29)16(37)24(45)20(41)12(4)33/h4-15H,16-27H2,1-3H3;/q+1;-1. The molecule has 0 radical (unpaired) electrons. The Bertz CT molecular complexity index is 3060. The number of rotatable bonds is 28. The first-order valence-corrected chi connectivity index (χ1v) is 28.1. The highest BCUT2D eigenvalue weighted by molar-refractivity contribution is 7.97. The molecule has 7 rings (SSSR count). The fourth-order valence-electron chi connectivity index (χ4n) is 8.81. The molecule has 0 aliphatic rings. The van der Waals surface area contributed by atoms with E-state index in [1.165, 1.54) is 0 Å². The highest BCUT2D eigenvalue weighted by Gasteiger charge is 2.51. The summed E-state index contributed by atoms with van der Waals surface area (Å²) < 4.78 is 289. The first-order chi connectivity index (χ1) is 42.0. The second-order valence-corrected chi connectivity index (χ2v) is 21.3. The number of hydrogen-bond acceptors (Lipinski definition) is 9. The molecule has 31 heteroatoms. The third-order valence-electron chi connectivity index (χ3n) is 12.7. The zero-order valence-electron chi connectivity index (χ0n) is 45.6. The molecule has 0 saturated carbocycles. The van der Waals surface area contributed by atoms with Crippen LogP contribution in [0.15, 0.2) is 87.5 Å². The summed E-state index contributed by atoms with van der Waals surface area (Å²) in [6.45, 7) is 5.78. The third kappa shape index (κ3) is 15.0. The Labute approximate surface area is 514 Å². The van der Waals surface area contributed by atoms with Crippen molar-refractivity contribution in [3.05, 3.63) is 186 Å². The minimum absolute atomic E-state index is 0.409. The monoisotopic (exact) mass is 1360 g/mol. The molecule has 88 heavy (non-hydrogen) atoms. The van der Waals surface area contributed by atoms with E-state index in [1.54, 1.807) is 21.3 Å². The van der Waals surface area contributed by atoms with Crippen LogP contribution in [-0.4, -0.2) is 107 Å². The molecule has 0 N–H and O–H groups in total. The molecule has 0 saturated heterocycles. The molecule has 0 aliphatic heterocycles. The van der Waals surface area contributed by atoms with E-state index >= 15 is 17.6 Å². The van der Waals surface area contributed by atoms with Gasteiger partial charge in [0.05, 0.1) is 59.5 Å². The van der Waals surface area contributed by atoms with Crippen molar-refractivity contribution in [2.24, 2.45) is 0 Å². The first-order valence-electron chi connectivity index (χ1n) is 25.3. The van der Waals surface area contributed by atoms with Crippen LogP contribution in [0.3, 0.4) is 0 Å². The van der Waals surface area contributed by atoms with Gasteiger partial charge in [-0.25, -0.2) is 70.2 Å². The lowest BCUT2D eigenvalue weighted by Crippen LogP contribution is -2.79. The van der Waals surface area contributed by atoms with Crippen LogP contribution < -0.4 is 36.1 Å². The van der Waals surface area contributed by atoms with Crippen molar-refractivity contribution in [1.82, 2.24) is 0 Å². The molecular formula is C57H45BCl4F16O9S. The van der Waals surface area contributed by atoms with Crippen LogP contribution in [0, 0.1) is 93.1 Å². The molecule has 0 amide bonds. The highest BCUT2D eigenvalue weighted by Crippen LogP contribution is 2.44. The van der Waals surface area contributed by atoms with Crippen molar-refractivity contribution in [2.45, 2.75) is 14.7 Å². The van der Waals surface area contributed by atoms with Gasteiger partial charge in [-0.3, -0.25) is 0 Å². The van der Waals surface area contributed by atoms with E-state index in [0.29, 0.717) is 79.3 Å². The van der Waals surface area contributed by atoms with Crippen LogP contribution in [0.25, 0.3) is 0 Å². The van der Waals surface area contributed by atoms with E-state index in [1.807, 2.05) is 54.6 Å². The molecule has 476 valence electrons. The van der Waals surface area contributed by atoms with E-state index in [2.05, 4.69) is 18.2 Å². The lowest BCUT2D eigenvalue weighted by atomic mass is 9.12. The van der Waals surface area contributed by atoms with Crippen molar-refractivity contribution in [3.63, 3.8) is 0 Å². The molecule has 0 aromatic heterocycles. The lowest BCUT2D eigenvalue weighted by molar-refractivity contribution is 0.0537. The van der Waals surface area contributed by atoms with Gasteiger partial charge >= 0.3 is 0 Å². The summed E-state index contributed by atoms with van der Waals surface area (Å²) in [5, 5.41) is -9.69. The Balaban J connectivity index is 0.000000281. The van der Waals surface area contributed by atoms with E-state index in [-0.39, 0.29) is 0 Å². The van der Waals surface area contributed by atoms with Crippen LogP contribution in [0.1, 0.15) is 0 Å². The molecule has 0 heterocycles. The SMILES string of the molecule is COCCOCCOc1ccccc1[S+](c1ccccc1OCCOCCOC)c1ccccc1OCCOCCOC.Fc1c(F)c(F)c([B-](c2c(F)c(F)c(F)c(F)c2Cl)(c2c(F)c(F)c(F)c(F)c2Cl)c2c(F)c(F)c(F)c(F)c2Cl)c(Cl)c1F. The van der Waals surface area contributed by atoms with Crippen molar-refractivity contribution in [3.8, 4) is 17.2 Å². The van der Waals surface area contributed by atoms with Crippen molar-refractivity contribution in [1.29, 1.82) is 0 Å². The van der Waals surface area contributed by atoms with Crippen molar-refractivity contribution >= 4 is 85.3 Å². The molecule has 7 aromatic rings. The normalized spacial score (nSPS) is 11.6. The fourth-order valence-corrected chi connectivity index (χ4v) is 12.5. The number of hydrogen-bond donors (Lipinski definition) is 0. The maximum atomic E-state index is 15.8. The summed E-state index contributed by atoms with van der Waals surface area (Å²) in [6, 6.07) is 24.3. The minimum Gasteiger partial charge on any atom is -0.486 e. The topological polar surface area (TPSA) is 83.1 Å². The molecule has 0 aliphatic carbocycles. The van der Waals surface area contributed by atoms with E-state index < -0.39 is 152 Å². The molecule has 7 aromatic carbocycles. The van der Waals surface area contributed by atoms with Gasteiger partial charge in [-0.1, -0.05) is 82.8 Å². The largest absolute Gasteiger partial charge is 0.486 e. The average molecular weight is 1360 g/mol. The van der Waals surface area contributed by atoms with Gasteiger partial charge in [0.25, 0.3) is 0 Å². The van der Waals surface area contributed by atoms with Gasteiger partial charge in [0.15, 0.2) is 87.1 Å². The molecule has 0 fully saturated rings. The summed E-state index contributed by atoms with van der Waals surface area (Å²) >= 11 is 22.3. The third-order valence-corrected chi connectivity index (χ3v) is 16.5. The van der Waals surface area contributed by atoms with Gasteiger partial charge < -0.3 is 42.6 Å². The quantitative estimate of drug-likeness (QED) is 0.0119. The minimum atomic E-state index is -6.24. The molecule has 9 nitrogen and oxygen atoms in total. The number of ether oxygens (including phenoxy) is 9. The Kier molecular flexibility index (Phi) is 26.5. The smallest absolute Gasteiger partial charge is 0.208 e. The number of para-hydroxylation sites is 3. The van der Waals surface area contributed by atoms with Crippen molar-refractivity contribution in [2.75, 3.05) is 101 Å². The Hall–Kier alpha value is -5.85. The van der Waals surface area contributed by atoms with Crippen LogP contribution in [-0.2, 0) is 39.3 Å².